The Hall–Kier alpha value is -1.60. The van der Waals surface area contributed by atoms with E-state index in [4.69, 9.17) is 4.74 Å². The highest BCUT2D eigenvalue weighted by Crippen LogP contribution is 2.27. The van der Waals surface area contributed by atoms with Crippen molar-refractivity contribution < 1.29 is 23.1 Å². The van der Waals surface area contributed by atoms with Crippen molar-refractivity contribution >= 4 is 16.0 Å². The first-order chi connectivity index (χ1) is 9.44. The maximum absolute atomic E-state index is 12.3. The molecule has 0 amide bonds. The van der Waals surface area contributed by atoms with Crippen molar-refractivity contribution in [2.24, 2.45) is 0 Å². The Labute approximate surface area is 117 Å². The van der Waals surface area contributed by atoms with Crippen LogP contribution in [0.15, 0.2) is 23.1 Å². The molecule has 1 aliphatic rings. The van der Waals surface area contributed by atoms with Gasteiger partial charge >= 0.3 is 0 Å². The van der Waals surface area contributed by atoms with Crippen LogP contribution in [0.3, 0.4) is 0 Å². The quantitative estimate of drug-likeness (QED) is 0.842. The highest BCUT2D eigenvalue weighted by molar-refractivity contribution is 7.89. The molecule has 7 heteroatoms. The van der Waals surface area contributed by atoms with Crippen molar-refractivity contribution in [2.45, 2.75) is 36.6 Å². The average Bonchev–Trinajstić information content (AvgIpc) is 2.90. The largest absolute Gasteiger partial charge is 0.545 e. The van der Waals surface area contributed by atoms with E-state index >= 15 is 0 Å². The van der Waals surface area contributed by atoms with E-state index in [1.165, 1.54) is 19.2 Å². The molecule has 2 rings (SSSR count). The summed E-state index contributed by atoms with van der Waals surface area (Å²) in [5, 5.41) is 10.9. The van der Waals surface area contributed by atoms with E-state index < -0.39 is 16.0 Å². The Morgan fingerprint density at radius 1 is 1.35 bits per heavy atom. The van der Waals surface area contributed by atoms with E-state index in [2.05, 4.69) is 4.72 Å². The number of carbonyl (C=O) groups is 1. The molecule has 1 fully saturated rings. The minimum absolute atomic E-state index is 0.101. The second kappa shape index (κ2) is 5.80. The fourth-order valence-electron chi connectivity index (χ4n) is 2.34. The van der Waals surface area contributed by atoms with Crippen LogP contribution in [0.25, 0.3) is 0 Å². The third-order valence-corrected chi connectivity index (χ3v) is 4.91. The molecule has 20 heavy (non-hydrogen) atoms. The number of rotatable bonds is 5. The van der Waals surface area contributed by atoms with Gasteiger partial charge in [-0.15, -0.1) is 0 Å². The van der Waals surface area contributed by atoms with E-state index in [0.717, 1.165) is 31.7 Å². The normalized spacial score (nSPS) is 16.2. The zero-order valence-electron chi connectivity index (χ0n) is 11.1. The topological polar surface area (TPSA) is 95.5 Å². The Morgan fingerprint density at radius 2 is 2.00 bits per heavy atom. The molecule has 0 radical (unpaired) electrons. The van der Waals surface area contributed by atoms with Gasteiger partial charge in [0.1, 0.15) is 10.6 Å². The second-order valence-corrected chi connectivity index (χ2v) is 6.44. The molecule has 1 aliphatic carbocycles. The Kier molecular flexibility index (Phi) is 4.29. The van der Waals surface area contributed by atoms with Gasteiger partial charge in [0, 0.05) is 6.04 Å². The van der Waals surface area contributed by atoms with E-state index in [1.54, 1.807) is 0 Å². The molecule has 6 nitrogen and oxygen atoms in total. The van der Waals surface area contributed by atoms with Gasteiger partial charge < -0.3 is 14.6 Å². The average molecular weight is 298 g/mol. The van der Waals surface area contributed by atoms with Crippen molar-refractivity contribution in [3.63, 3.8) is 0 Å². The van der Waals surface area contributed by atoms with Crippen LogP contribution in [-0.2, 0) is 10.0 Å². The van der Waals surface area contributed by atoms with Gasteiger partial charge in [-0.1, -0.05) is 12.8 Å². The Bertz CT molecular complexity index is 605. The van der Waals surface area contributed by atoms with Crippen LogP contribution >= 0.6 is 0 Å². The van der Waals surface area contributed by atoms with E-state index in [0.29, 0.717) is 0 Å². The zero-order chi connectivity index (χ0) is 14.8. The predicted molar refractivity (Wildman–Crippen MR) is 69.9 cm³/mol. The molecule has 0 spiro atoms. The molecule has 0 aromatic heterocycles. The number of sulfonamides is 1. The van der Waals surface area contributed by atoms with Crippen molar-refractivity contribution in [2.75, 3.05) is 7.11 Å². The Balaban J connectivity index is 2.37. The van der Waals surface area contributed by atoms with Gasteiger partial charge in [0.25, 0.3) is 0 Å². The maximum atomic E-state index is 12.3. The van der Waals surface area contributed by atoms with Crippen LogP contribution in [0.2, 0.25) is 0 Å². The minimum Gasteiger partial charge on any atom is -0.545 e. The highest BCUT2D eigenvalue weighted by atomic mass is 32.2. The number of ether oxygens (including phenoxy) is 1. The van der Waals surface area contributed by atoms with Crippen molar-refractivity contribution in [1.82, 2.24) is 4.72 Å². The second-order valence-electron chi connectivity index (χ2n) is 4.76. The summed E-state index contributed by atoms with van der Waals surface area (Å²) in [7, 11) is -2.47. The van der Waals surface area contributed by atoms with Gasteiger partial charge in [-0.3, -0.25) is 0 Å². The summed E-state index contributed by atoms with van der Waals surface area (Å²) in [6, 6.07) is 3.53. The van der Waals surface area contributed by atoms with E-state index in [1.807, 2.05) is 0 Å². The van der Waals surface area contributed by atoms with Crippen molar-refractivity contribution in [3.8, 4) is 5.75 Å². The number of carboxylic acid groups (broad SMARTS) is 1. The number of methoxy groups -OCH3 is 1. The number of aromatic carboxylic acids is 1. The molecule has 1 aromatic carbocycles. The van der Waals surface area contributed by atoms with Crippen molar-refractivity contribution in [3.05, 3.63) is 23.8 Å². The lowest BCUT2D eigenvalue weighted by atomic mass is 10.2. The molecular weight excluding hydrogens is 282 g/mol. The number of hydrogen-bond donors (Lipinski definition) is 1. The summed E-state index contributed by atoms with van der Waals surface area (Å²) >= 11 is 0. The molecule has 0 atom stereocenters. The van der Waals surface area contributed by atoms with E-state index in [9.17, 15) is 18.3 Å². The molecule has 110 valence electrons. The predicted octanol–water partition coefficient (Wildman–Crippen LogP) is 0.280. The van der Waals surface area contributed by atoms with Gasteiger partial charge in [-0.2, -0.15) is 0 Å². The van der Waals surface area contributed by atoms with Gasteiger partial charge in [0.05, 0.1) is 13.1 Å². The number of benzene rings is 1. The molecule has 0 heterocycles. The van der Waals surface area contributed by atoms with Gasteiger partial charge in [0.15, 0.2) is 0 Å². The maximum Gasteiger partial charge on any atom is 0.244 e. The first kappa shape index (κ1) is 14.8. The van der Waals surface area contributed by atoms with Crippen LogP contribution in [0.4, 0.5) is 0 Å². The summed E-state index contributed by atoms with van der Waals surface area (Å²) in [6.07, 6.45) is 3.57. The van der Waals surface area contributed by atoms with Gasteiger partial charge in [0.2, 0.25) is 10.0 Å². The number of hydrogen-bond acceptors (Lipinski definition) is 5. The number of nitrogens with one attached hydrogen (secondary N) is 1. The Morgan fingerprint density at radius 3 is 2.55 bits per heavy atom. The van der Waals surface area contributed by atoms with Gasteiger partial charge in [-0.25, -0.2) is 13.1 Å². The lowest BCUT2D eigenvalue weighted by Crippen LogP contribution is -2.33. The minimum atomic E-state index is -3.81. The molecule has 0 aliphatic heterocycles. The number of carbonyl (C=O) groups excluding carboxylic acids is 1. The SMILES string of the molecule is COc1ccc(C(=O)[O-])cc1S(=O)(=O)NC1CCCC1. The van der Waals surface area contributed by atoms with Crippen LogP contribution in [0.1, 0.15) is 36.0 Å². The zero-order valence-corrected chi connectivity index (χ0v) is 11.9. The third-order valence-electron chi connectivity index (χ3n) is 3.37. The molecule has 0 saturated heterocycles. The monoisotopic (exact) mass is 298 g/mol. The summed E-state index contributed by atoms with van der Waals surface area (Å²) in [6.45, 7) is 0. The third kappa shape index (κ3) is 3.10. The summed E-state index contributed by atoms with van der Waals surface area (Å²) in [5.41, 5.74) is -0.197. The van der Waals surface area contributed by atoms with Crippen LogP contribution in [0.5, 0.6) is 5.75 Å². The molecule has 0 bridgehead atoms. The lowest BCUT2D eigenvalue weighted by molar-refractivity contribution is -0.255. The first-order valence-corrected chi connectivity index (χ1v) is 7.84. The molecule has 0 unspecified atom stereocenters. The first-order valence-electron chi connectivity index (χ1n) is 6.36. The highest BCUT2D eigenvalue weighted by Gasteiger charge is 2.25. The van der Waals surface area contributed by atoms with E-state index in [-0.39, 0.29) is 22.3 Å². The molecule has 1 aromatic rings. The fourth-order valence-corrected chi connectivity index (χ4v) is 3.84. The van der Waals surface area contributed by atoms with Crippen LogP contribution in [0, 0.1) is 0 Å². The smallest absolute Gasteiger partial charge is 0.244 e. The molecular formula is C13H16NO5S-. The van der Waals surface area contributed by atoms with Gasteiger partial charge in [-0.05, 0) is 36.6 Å². The summed E-state index contributed by atoms with van der Waals surface area (Å²) in [4.78, 5) is 10.7. The number of carboxylic acids is 1. The standard InChI is InChI=1S/C13H17NO5S/c1-19-11-7-6-9(13(15)16)8-12(11)20(17,18)14-10-4-2-3-5-10/h6-8,10,14H,2-5H2,1H3,(H,15,16)/p-1. The summed E-state index contributed by atoms with van der Waals surface area (Å²) in [5.74, 6) is -1.31. The van der Waals surface area contributed by atoms with Crippen molar-refractivity contribution in [1.29, 1.82) is 0 Å². The summed E-state index contributed by atoms with van der Waals surface area (Å²) < 4.78 is 32.3. The van der Waals surface area contributed by atoms with Crippen LogP contribution < -0.4 is 14.6 Å². The van der Waals surface area contributed by atoms with Crippen LogP contribution in [-0.4, -0.2) is 27.5 Å². The molecule has 1 N–H and O–H groups in total. The lowest BCUT2D eigenvalue weighted by Gasteiger charge is -2.16. The molecule has 1 saturated carbocycles. The fraction of sp³-hybridized carbons (Fsp3) is 0.462.